The van der Waals surface area contributed by atoms with Gasteiger partial charge in [-0.3, -0.25) is 9.69 Å². The molecule has 5 rings (SSSR count). The summed E-state index contributed by atoms with van der Waals surface area (Å²) in [6.45, 7) is 5.51. The number of piperazine rings is 1. The molecule has 1 N–H and O–H groups in total. The minimum absolute atomic E-state index is 0.0996. The summed E-state index contributed by atoms with van der Waals surface area (Å²) in [5.41, 5.74) is 2.00. The number of nitrogens with one attached hydrogen (secondary N) is 1. The first kappa shape index (κ1) is 18.4. The highest BCUT2D eigenvalue weighted by Gasteiger charge is 2.16. The Morgan fingerprint density at radius 2 is 1.93 bits per heavy atom. The van der Waals surface area contributed by atoms with E-state index in [2.05, 4.69) is 15.2 Å². The number of fused-ring (bicyclic) bond motifs is 2. The number of hydrogen-bond acceptors (Lipinski definition) is 5. The summed E-state index contributed by atoms with van der Waals surface area (Å²) in [6, 6.07) is 12.3. The highest BCUT2D eigenvalue weighted by atomic mass is 32.1. The van der Waals surface area contributed by atoms with Crippen LogP contribution in [0.5, 0.6) is 0 Å². The van der Waals surface area contributed by atoms with Gasteiger partial charge in [0.2, 0.25) is 0 Å². The predicted molar refractivity (Wildman–Crippen MR) is 116 cm³/mol. The summed E-state index contributed by atoms with van der Waals surface area (Å²) in [4.78, 5) is 20.2. The molecule has 7 heteroatoms. The number of hydrogen-bond donors (Lipinski definition) is 1. The first-order valence-electron chi connectivity index (χ1n) is 9.81. The Morgan fingerprint density at radius 3 is 2.76 bits per heavy atom. The van der Waals surface area contributed by atoms with Crippen LogP contribution in [0, 0.1) is 5.82 Å². The maximum absolute atomic E-state index is 14.0. The van der Waals surface area contributed by atoms with E-state index in [1.165, 1.54) is 23.5 Å². The largest absolute Gasteiger partial charge is 0.345 e. The summed E-state index contributed by atoms with van der Waals surface area (Å²) < 4.78 is 17.0. The number of pyridine rings is 1. The molecule has 4 aromatic rings. The number of rotatable bonds is 4. The van der Waals surface area contributed by atoms with Crippen molar-refractivity contribution in [3.8, 4) is 10.6 Å². The molecule has 0 amide bonds. The third-order valence-corrected chi connectivity index (χ3v) is 6.50. The number of aromatic nitrogens is 2. The summed E-state index contributed by atoms with van der Waals surface area (Å²) in [5, 5.41) is 4.59. The lowest BCUT2D eigenvalue weighted by molar-refractivity contribution is 0.233. The topological polar surface area (TPSA) is 50.2 Å². The summed E-state index contributed by atoms with van der Waals surface area (Å²) in [5.74, 6) is -0.333. The van der Waals surface area contributed by atoms with E-state index in [4.69, 9.17) is 0 Å². The van der Waals surface area contributed by atoms with Crippen LogP contribution in [-0.2, 0) is 6.54 Å². The van der Waals surface area contributed by atoms with E-state index in [1.807, 2.05) is 35.0 Å². The molecule has 0 spiro atoms. The molecule has 0 unspecified atom stereocenters. The van der Waals surface area contributed by atoms with Gasteiger partial charge < -0.3 is 9.88 Å². The van der Waals surface area contributed by atoms with Crippen LogP contribution in [-0.4, -0.2) is 47.2 Å². The molecule has 1 fully saturated rings. The zero-order valence-corrected chi connectivity index (χ0v) is 16.7. The lowest BCUT2D eigenvalue weighted by atomic mass is 10.1. The summed E-state index contributed by atoms with van der Waals surface area (Å²) >= 11 is 1.51. The van der Waals surface area contributed by atoms with Gasteiger partial charge in [0, 0.05) is 50.9 Å². The van der Waals surface area contributed by atoms with Gasteiger partial charge in [-0.15, -0.1) is 11.3 Å². The van der Waals surface area contributed by atoms with Gasteiger partial charge in [0.05, 0.1) is 21.3 Å². The van der Waals surface area contributed by atoms with Crippen molar-refractivity contribution in [3.05, 3.63) is 64.7 Å². The number of halogens is 1. The SMILES string of the molecule is O=c1c(-c2nc3ccccc3s2)cn(CCN2CCNCC2)c2cc(F)ccc12. The van der Waals surface area contributed by atoms with E-state index in [1.54, 1.807) is 6.07 Å². The molecule has 5 nitrogen and oxygen atoms in total. The van der Waals surface area contributed by atoms with Gasteiger partial charge in [0.1, 0.15) is 10.8 Å². The van der Waals surface area contributed by atoms with Gasteiger partial charge in [-0.2, -0.15) is 0 Å². The van der Waals surface area contributed by atoms with Crippen LogP contribution in [0.15, 0.2) is 53.5 Å². The average molecular weight is 409 g/mol. The van der Waals surface area contributed by atoms with Gasteiger partial charge in [-0.05, 0) is 30.3 Å². The Bertz CT molecular complexity index is 1210. The number of benzene rings is 2. The molecule has 0 bridgehead atoms. The van der Waals surface area contributed by atoms with Crippen LogP contribution < -0.4 is 10.7 Å². The quantitative estimate of drug-likeness (QED) is 0.563. The van der Waals surface area contributed by atoms with Crippen molar-refractivity contribution < 1.29 is 4.39 Å². The molecule has 1 saturated heterocycles. The highest BCUT2D eigenvalue weighted by Crippen LogP contribution is 2.29. The van der Waals surface area contributed by atoms with Crippen LogP contribution >= 0.6 is 11.3 Å². The summed E-state index contributed by atoms with van der Waals surface area (Å²) in [7, 11) is 0. The second-order valence-electron chi connectivity index (χ2n) is 7.31. The lowest BCUT2D eigenvalue weighted by Crippen LogP contribution is -2.44. The van der Waals surface area contributed by atoms with Gasteiger partial charge in [0.15, 0.2) is 5.43 Å². The molecule has 3 heterocycles. The Labute approximate surface area is 171 Å². The smallest absolute Gasteiger partial charge is 0.199 e. The molecule has 29 heavy (non-hydrogen) atoms. The minimum Gasteiger partial charge on any atom is -0.345 e. The Morgan fingerprint density at radius 1 is 1.10 bits per heavy atom. The minimum atomic E-state index is -0.333. The van der Waals surface area contributed by atoms with E-state index in [-0.39, 0.29) is 11.2 Å². The normalized spacial score (nSPS) is 15.3. The van der Waals surface area contributed by atoms with Crippen LogP contribution in [0.1, 0.15) is 0 Å². The standard InChI is InChI=1S/C22H21FN4OS/c23-15-5-6-16-19(13-15)27(12-11-26-9-7-24-8-10-26)14-17(21(16)28)22-25-18-3-1-2-4-20(18)29-22/h1-6,13-14,24H,7-12H2. The lowest BCUT2D eigenvalue weighted by Gasteiger charge is -2.27. The van der Waals surface area contributed by atoms with E-state index in [9.17, 15) is 9.18 Å². The number of para-hydroxylation sites is 1. The van der Waals surface area contributed by atoms with Crippen LogP contribution in [0.25, 0.3) is 31.7 Å². The molecule has 0 radical (unpaired) electrons. The van der Waals surface area contributed by atoms with Gasteiger partial charge in [-0.1, -0.05) is 12.1 Å². The molecule has 0 aliphatic carbocycles. The molecular formula is C22H21FN4OS. The first-order valence-corrected chi connectivity index (χ1v) is 10.6. The molecule has 2 aromatic carbocycles. The summed E-state index contributed by atoms with van der Waals surface area (Å²) in [6.07, 6.45) is 1.85. The molecular weight excluding hydrogens is 387 g/mol. The van der Waals surface area contributed by atoms with Crippen molar-refractivity contribution >= 4 is 32.5 Å². The van der Waals surface area contributed by atoms with Gasteiger partial charge in [0.25, 0.3) is 0 Å². The van der Waals surface area contributed by atoms with E-state index >= 15 is 0 Å². The number of thiazole rings is 1. The second-order valence-corrected chi connectivity index (χ2v) is 8.34. The van der Waals surface area contributed by atoms with Gasteiger partial charge >= 0.3 is 0 Å². The van der Waals surface area contributed by atoms with Crippen LogP contribution in [0.3, 0.4) is 0 Å². The van der Waals surface area contributed by atoms with Gasteiger partial charge in [-0.25, -0.2) is 9.37 Å². The maximum atomic E-state index is 14.0. The van der Waals surface area contributed by atoms with E-state index < -0.39 is 0 Å². The fourth-order valence-corrected chi connectivity index (χ4v) is 4.84. The van der Waals surface area contributed by atoms with Crippen molar-refractivity contribution in [1.82, 2.24) is 19.8 Å². The average Bonchev–Trinajstić information content (AvgIpc) is 3.18. The predicted octanol–water partition coefficient (Wildman–Crippen LogP) is 3.32. The highest BCUT2D eigenvalue weighted by molar-refractivity contribution is 7.21. The molecule has 0 saturated carbocycles. The van der Waals surface area contributed by atoms with E-state index in [0.29, 0.717) is 28.0 Å². The van der Waals surface area contributed by atoms with Crippen molar-refractivity contribution in [2.45, 2.75) is 6.54 Å². The fourth-order valence-electron chi connectivity index (χ4n) is 3.87. The Kier molecular flexibility index (Phi) is 4.87. The van der Waals surface area contributed by atoms with Crippen molar-refractivity contribution in [3.63, 3.8) is 0 Å². The second kappa shape index (κ2) is 7.67. The molecule has 148 valence electrons. The zero-order chi connectivity index (χ0) is 19.8. The van der Waals surface area contributed by atoms with Crippen LogP contribution in [0.4, 0.5) is 4.39 Å². The van der Waals surface area contributed by atoms with E-state index in [0.717, 1.165) is 42.9 Å². The Hall–Kier alpha value is -2.61. The Balaban J connectivity index is 1.61. The molecule has 2 aromatic heterocycles. The monoisotopic (exact) mass is 408 g/mol. The maximum Gasteiger partial charge on any atom is 0.199 e. The molecule has 0 atom stereocenters. The zero-order valence-electron chi connectivity index (χ0n) is 15.9. The van der Waals surface area contributed by atoms with Crippen LogP contribution in [0.2, 0.25) is 0 Å². The third-order valence-electron chi connectivity index (χ3n) is 5.43. The van der Waals surface area contributed by atoms with Crippen molar-refractivity contribution in [2.24, 2.45) is 0 Å². The first-order chi connectivity index (χ1) is 14.2. The third kappa shape index (κ3) is 3.57. The molecule has 1 aliphatic rings. The van der Waals surface area contributed by atoms with Crippen molar-refractivity contribution in [2.75, 3.05) is 32.7 Å². The van der Waals surface area contributed by atoms with Crippen molar-refractivity contribution in [1.29, 1.82) is 0 Å². The molecule has 1 aliphatic heterocycles. The fraction of sp³-hybridized carbons (Fsp3) is 0.273. The number of nitrogens with zero attached hydrogens (tertiary/aromatic N) is 3.